The molecule has 0 radical (unpaired) electrons. The summed E-state index contributed by atoms with van der Waals surface area (Å²) in [5, 5.41) is 20.1. The molecule has 0 bridgehead atoms. The first-order valence-electron chi connectivity index (χ1n) is 12.4. The Morgan fingerprint density at radius 3 is 2.68 bits per heavy atom. The predicted octanol–water partition coefficient (Wildman–Crippen LogP) is -0.102. The van der Waals surface area contributed by atoms with Crippen molar-refractivity contribution in [2.24, 2.45) is 0 Å². The summed E-state index contributed by atoms with van der Waals surface area (Å²) in [6.07, 6.45) is -3.15. The van der Waals surface area contributed by atoms with Gasteiger partial charge in [-0.05, 0) is 6.42 Å². The van der Waals surface area contributed by atoms with Crippen LogP contribution in [0.15, 0.2) is 23.8 Å². The lowest BCUT2D eigenvalue weighted by Gasteiger charge is -2.27. The highest BCUT2D eigenvalue weighted by Gasteiger charge is 2.55. The van der Waals surface area contributed by atoms with Crippen LogP contribution < -0.4 is 17.0 Å². The minimum Gasteiger partial charge on any atom is -0.396 e. The number of nitrogens with zero attached hydrogens (tertiary/aromatic N) is 7. The van der Waals surface area contributed by atoms with Crippen molar-refractivity contribution in [1.29, 1.82) is 0 Å². The van der Waals surface area contributed by atoms with Crippen molar-refractivity contribution in [3.8, 4) is 0 Å². The van der Waals surface area contributed by atoms with Crippen LogP contribution in [0.2, 0.25) is 0 Å². The molecular weight excluding hydrogens is 586 g/mol. The van der Waals surface area contributed by atoms with Gasteiger partial charge in [0.2, 0.25) is 5.95 Å². The number of anilines is 2. The van der Waals surface area contributed by atoms with Crippen LogP contribution in [0.25, 0.3) is 22.3 Å². The van der Waals surface area contributed by atoms with Crippen molar-refractivity contribution in [1.82, 2.24) is 39.0 Å². The number of aromatic amines is 1. The van der Waals surface area contributed by atoms with Crippen LogP contribution in [0.5, 0.6) is 0 Å². The van der Waals surface area contributed by atoms with Crippen LogP contribution in [-0.4, -0.2) is 92.6 Å². The fraction of sp³-hybridized carbons (Fsp3) is 0.524. The first kappa shape index (κ1) is 28.0. The number of aliphatic hydroxyl groups is 2. The third kappa shape index (κ3) is 4.86. The van der Waals surface area contributed by atoms with Gasteiger partial charge in [0.05, 0.1) is 31.5 Å². The number of H-pyrrole nitrogens is 1. The Bertz CT molecular complexity index is 1700. The first-order chi connectivity index (χ1) is 19.6. The van der Waals surface area contributed by atoms with Gasteiger partial charge in [-0.25, -0.2) is 24.3 Å². The third-order valence-corrected chi connectivity index (χ3v) is 10.1. The van der Waals surface area contributed by atoms with Crippen LogP contribution in [0, 0.1) is 0 Å². The molecule has 6 rings (SSSR count). The number of rotatable bonds is 8. The molecule has 2 saturated heterocycles. The van der Waals surface area contributed by atoms with Crippen molar-refractivity contribution in [3.63, 3.8) is 0 Å². The Morgan fingerprint density at radius 1 is 1.15 bits per heavy atom. The van der Waals surface area contributed by atoms with E-state index in [2.05, 4.69) is 42.2 Å². The van der Waals surface area contributed by atoms with Crippen molar-refractivity contribution >= 4 is 52.9 Å². The zero-order valence-corrected chi connectivity index (χ0v) is 22.9. The highest BCUT2D eigenvalue weighted by atomic mass is 32.7. The minimum absolute atomic E-state index is 0.0270. The number of hydrogen-bond donors (Lipinski definition) is 6. The minimum atomic E-state index is -4.19. The zero-order valence-electron chi connectivity index (χ0n) is 21.1. The van der Waals surface area contributed by atoms with E-state index in [9.17, 15) is 19.6 Å². The summed E-state index contributed by atoms with van der Waals surface area (Å²) in [6, 6.07) is 0. The van der Waals surface area contributed by atoms with E-state index < -0.39 is 67.9 Å². The zero-order chi connectivity index (χ0) is 29.1. The molecule has 7 N–H and O–H groups in total. The van der Waals surface area contributed by atoms with E-state index in [4.69, 9.17) is 25.5 Å². The standard InChI is InChI=1S/C21H26FN10O7PS/c22-12-9(1-2-33)39-20(32-7-28-14-18(32)29-21(24)30-19(14)35)15(12)40(36,41)37-4-10-8(34)3-11(38-10)31-6-27-13-16(23)25-5-26-17(13)31/h5-12,15,20,33-34H,1-4H2,(H,36,41)(H2,23,25,26)(H3,24,29,30,35)/t8-,9+,10+,11+,12+,15+,20+,40?/m0/s1. The molecule has 0 saturated carbocycles. The molecule has 0 aliphatic carbocycles. The van der Waals surface area contributed by atoms with Crippen molar-refractivity contribution in [3.05, 3.63) is 29.3 Å². The Balaban J connectivity index is 1.24. The number of fused-ring (bicyclic) bond motifs is 2. The summed E-state index contributed by atoms with van der Waals surface area (Å²) < 4.78 is 49.9. The molecule has 8 atom stereocenters. The maximum absolute atomic E-state index is 15.7. The topological polar surface area (TPSA) is 244 Å². The molecule has 2 aliphatic rings. The molecule has 20 heteroatoms. The highest BCUT2D eigenvalue weighted by Crippen LogP contribution is 2.64. The van der Waals surface area contributed by atoms with Gasteiger partial charge in [-0.1, -0.05) is 12.2 Å². The molecular formula is C21H26FN10O7PS. The number of nitrogens with one attached hydrogen (secondary N) is 1. The molecule has 2 aliphatic heterocycles. The molecule has 0 amide bonds. The molecule has 41 heavy (non-hydrogen) atoms. The molecule has 1 unspecified atom stereocenters. The van der Waals surface area contributed by atoms with Crippen LogP contribution in [0.3, 0.4) is 0 Å². The van der Waals surface area contributed by atoms with Gasteiger partial charge in [0.25, 0.3) is 12.1 Å². The van der Waals surface area contributed by atoms with Gasteiger partial charge >= 0.3 is 0 Å². The van der Waals surface area contributed by atoms with E-state index in [0.717, 1.165) is 0 Å². The highest BCUT2D eigenvalue weighted by molar-refractivity contribution is 8.46. The summed E-state index contributed by atoms with van der Waals surface area (Å²) in [7, 11) is 0. The average molecular weight is 613 g/mol. The number of hydrogen-bond acceptors (Lipinski definition) is 14. The van der Waals surface area contributed by atoms with Crippen LogP contribution in [0.4, 0.5) is 16.2 Å². The van der Waals surface area contributed by atoms with Gasteiger partial charge in [0.15, 0.2) is 28.9 Å². The van der Waals surface area contributed by atoms with Crippen LogP contribution in [0.1, 0.15) is 25.3 Å². The third-order valence-electron chi connectivity index (χ3n) is 7.13. The molecule has 17 nitrogen and oxygen atoms in total. The van der Waals surface area contributed by atoms with E-state index in [1.807, 2.05) is 0 Å². The number of nitrogen functional groups attached to an aromatic ring is 2. The number of nitrogens with two attached hydrogens (primary N) is 2. The lowest BCUT2D eigenvalue weighted by molar-refractivity contribution is -0.0381. The normalized spacial score (nSPS) is 29.9. The first-order valence-corrected chi connectivity index (χ1v) is 15.3. The number of aromatic nitrogens is 8. The fourth-order valence-electron chi connectivity index (χ4n) is 5.15. The fourth-order valence-corrected chi connectivity index (χ4v) is 7.69. The Labute approximate surface area is 234 Å². The summed E-state index contributed by atoms with van der Waals surface area (Å²) in [5.41, 5.74) is 10.0. The van der Waals surface area contributed by atoms with Gasteiger partial charge < -0.3 is 35.7 Å². The van der Waals surface area contributed by atoms with Crippen LogP contribution in [-0.2, 0) is 18.6 Å². The predicted molar refractivity (Wildman–Crippen MR) is 144 cm³/mol. The van der Waals surface area contributed by atoms with Gasteiger partial charge in [-0.3, -0.25) is 23.5 Å². The number of ether oxygens (including phenoxy) is 2. The average Bonchev–Trinajstić information content (AvgIpc) is 3.68. The summed E-state index contributed by atoms with van der Waals surface area (Å²) in [5.74, 6) is -0.0282. The number of imidazole rings is 2. The maximum atomic E-state index is 15.7. The Morgan fingerprint density at radius 2 is 1.90 bits per heavy atom. The van der Waals surface area contributed by atoms with Gasteiger partial charge in [-0.15, -0.1) is 0 Å². The SMILES string of the molecule is Nc1nc2c(ncn2[C@@H]2O[C@H](CCO)[C@@H](F)[C@H]2P(=O)(S)OC[C@H]2O[C@@H](n3cnc4c(N)ncnc43)C[C@@H]2O)c(=O)[nH]1. The van der Waals surface area contributed by atoms with Gasteiger partial charge in [0.1, 0.15) is 36.0 Å². The second-order valence-corrected chi connectivity index (χ2v) is 13.3. The molecule has 6 heterocycles. The van der Waals surface area contributed by atoms with Crippen LogP contribution >= 0.6 is 18.8 Å². The quantitative estimate of drug-likeness (QED) is 0.112. The maximum Gasteiger partial charge on any atom is 0.280 e. The summed E-state index contributed by atoms with van der Waals surface area (Å²) in [4.78, 5) is 34.9. The molecule has 0 spiro atoms. The smallest absolute Gasteiger partial charge is 0.280 e. The van der Waals surface area contributed by atoms with E-state index in [0.29, 0.717) is 11.2 Å². The summed E-state index contributed by atoms with van der Waals surface area (Å²) in [6.45, 7) is -5.00. The summed E-state index contributed by atoms with van der Waals surface area (Å²) >= 11 is 4.24. The molecule has 220 valence electrons. The van der Waals surface area contributed by atoms with E-state index in [-0.39, 0.29) is 35.8 Å². The molecule has 2 fully saturated rings. The number of halogens is 1. The Hall–Kier alpha value is -3.19. The largest absolute Gasteiger partial charge is 0.396 e. The lowest BCUT2D eigenvalue weighted by atomic mass is 10.1. The van der Waals surface area contributed by atoms with Crippen molar-refractivity contribution < 1.29 is 33.2 Å². The van der Waals surface area contributed by atoms with Gasteiger partial charge in [0, 0.05) is 13.0 Å². The van der Waals surface area contributed by atoms with Crippen molar-refractivity contribution in [2.75, 3.05) is 24.7 Å². The Kier molecular flexibility index (Phi) is 7.21. The lowest BCUT2D eigenvalue weighted by Crippen LogP contribution is -2.31. The van der Waals surface area contributed by atoms with E-state index in [1.54, 1.807) is 4.57 Å². The second kappa shape index (κ2) is 10.6. The number of alkyl halides is 1. The monoisotopic (exact) mass is 612 g/mol. The van der Waals surface area contributed by atoms with Gasteiger partial charge in [-0.2, -0.15) is 4.98 Å². The molecule has 4 aromatic heterocycles. The van der Waals surface area contributed by atoms with Crippen molar-refractivity contribution in [2.45, 2.75) is 55.4 Å². The van der Waals surface area contributed by atoms with E-state index >= 15 is 4.39 Å². The second-order valence-electron chi connectivity index (χ2n) is 9.66. The number of aliphatic hydroxyl groups excluding tert-OH is 2. The molecule has 4 aromatic rings. The van der Waals surface area contributed by atoms with E-state index in [1.165, 1.54) is 23.5 Å². The number of thiol groups is 1. The molecule has 0 aromatic carbocycles.